The van der Waals surface area contributed by atoms with E-state index in [0.717, 1.165) is 11.4 Å². The van der Waals surface area contributed by atoms with E-state index < -0.39 is 0 Å². The lowest BCUT2D eigenvalue weighted by atomic mass is 9.29. The van der Waals surface area contributed by atoms with Gasteiger partial charge in [-0.2, -0.15) is 0 Å². The van der Waals surface area contributed by atoms with E-state index in [2.05, 4.69) is 73.7 Å². The lowest BCUT2D eigenvalue weighted by Gasteiger charge is -2.46. The zero-order chi connectivity index (χ0) is 19.3. The highest BCUT2D eigenvalue weighted by atomic mass is 19.1. The Balaban J connectivity index is 1.81. The van der Waals surface area contributed by atoms with Crippen LogP contribution in [-0.4, -0.2) is 24.4 Å². The van der Waals surface area contributed by atoms with E-state index in [1.807, 2.05) is 0 Å². The van der Waals surface area contributed by atoms with Crippen LogP contribution in [0.4, 0.5) is 10.1 Å². The van der Waals surface area contributed by atoms with Crippen LogP contribution in [0, 0.1) is 19.7 Å². The number of aromatic nitrogens is 1. The van der Waals surface area contributed by atoms with Crippen LogP contribution in [0.3, 0.4) is 0 Å². The van der Waals surface area contributed by atoms with Gasteiger partial charge in [0, 0.05) is 41.1 Å². The smallest absolute Gasteiger partial charge is 0.226 e. The molecule has 2 aromatic carbocycles. The molecule has 0 radical (unpaired) electrons. The van der Waals surface area contributed by atoms with Gasteiger partial charge in [0.05, 0.1) is 0 Å². The number of allylic oxidation sites excluding steroid dienone is 2. The number of aryl methyl sites for hydroxylation is 1. The largest absolute Gasteiger partial charge is 0.369 e. The van der Waals surface area contributed by atoms with Crippen molar-refractivity contribution in [2.45, 2.75) is 32.6 Å². The lowest BCUT2D eigenvalue weighted by molar-refractivity contribution is 0.624. The molecule has 0 N–H and O–H groups in total. The van der Waals surface area contributed by atoms with Gasteiger partial charge in [0.1, 0.15) is 5.82 Å². The molecular formula is C24H22BFN2. The van der Waals surface area contributed by atoms with E-state index in [-0.39, 0.29) is 18.6 Å². The molecular weight excluding hydrogens is 346 g/mol. The minimum atomic E-state index is -0.164. The summed E-state index contributed by atoms with van der Waals surface area (Å²) < 4.78 is 17.1. The second-order valence-corrected chi connectivity index (χ2v) is 8.57. The molecule has 3 heterocycles. The molecule has 2 unspecified atom stereocenters. The number of hydrogen-bond acceptors (Lipinski definition) is 1. The van der Waals surface area contributed by atoms with Gasteiger partial charge >= 0.3 is 0 Å². The lowest BCUT2D eigenvalue weighted by Crippen LogP contribution is -2.61. The molecule has 0 spiro atoms. The van der Waals surface area contributed by atoms with E-state index in [1.165, 1.54) is 38.7 Å². The Hall–Kier alpha value is -2.75. The van der Waals surface area contributed by atoms with Crippen molar-refractivity contribution >= 4 is 34.2 Å². The van der Waals surface area contributed by atoms with Gasteiger partial charge in [-0.15, -0.1) is 0 Å². The first-order chi connectivity index (χ1) is 13.5. The number of benzene rings is 2. The van der Waals surface area contributed by atoms with Gasteiger partial charge in [0.15, 0.2) is 0 Å². The Morgan fingerprint density at radius 1 is 1.07 bits per heavy atom. The van der Waals surface area contributed by atoms with Crippen LogP contribution < -0.4 is 15.8 Å². The van der Waals surface area contributed by atoms with Crippen molar-refractivity contribution in [3.05, 3.63) is 71.2 Å². The molecule has 1 aromatic heterocycles. The van der Waals surface area contributed by atoms with Crippen LogP contribution in [0.5, 0.6) is 0 Å². The second-order valence-electron chi connectivity index (χ2n) is 8.57. The van der Waals surface area contributed by atoms with Gasteiger partial charge in [-0.3, -0.25) is 0 Å². The summed E-state index contributed by atoms with van der Waals surface area (Å²) in [6.45, 7) is 6.75. The van der Waals surface area contributed by atoms with Crippen LogP contribution in [-0.2, 0) is 0 Å². The molecule has 2 atom stereocenters. The summed E-state index contributed by atoms with van der Waals surface area (Å²) in [7, 11) is 2.10. The fraction of sp³-hybridized carbons (Fsp3) is 0.250. The number of anilines is 1. The summed E-state index contributed by atoms with van der Waals surface area (Å²) in [6.07, 6.45) is 6.90. The van der Waals surface area contributed by atoms with Gasteiger partial charge in [0.2, 0.25) is 6.71 Å². The molecule has 3 aromatic rings. The van der Waals surface area contributed by atoms with Crippen molar-refractivity contribution in [2.24, 2.45) is 0 Å². The minimum absolute atomic E-state index is 0.164. The number of likely N-dealkylation sites (N-methyl/N-ethyl adjacent to an activating group) is 1. The molecule has 2 aliphatic heterocycles. The summed E-state index contributed by atoms with van der Waals surface area (Å²) in [5.74, 6) is 0.184. The highest BCUT2D eigenvalue weighted by Gasteiger charge is 2.46. The van der Waals surface area contributed by atoms with E-state index in [1.54, 1.807) is 12.1 Å². The van der Waals surface area contributed by atoms with Gasteiger partial charge in [-0.1, -0.05) is 42.0 Å². The molecule has 3 aliphatic rings. The highest BCUT2D eigenvalue weighted by molar-refractivity contribution is 6.91. The Morgan fingerprint density at radius 2 is 1.86 bits per heavy atom. The molecule has 138 valence electrons. The summed E-state index contributed by atoms with van der Waals surface area (Å²) in [5.41, 5.74) is 9.73. The normalized spacial score (nSPS) is 21.7. The summed E-state index contributed by atoms with van der Waals surface area (Å²) in [5, 5.41) is 1.29. The van der Waals surface area contributed by atoms with Crippen LogP contribution in [0.25, 0.3) is 16.6 Å². The Kier molecular flexibility index (Phi) is 3.01. The average molecular weight is 368 g/mol. The predicted octanol–water partition coefficient (Wildman–Crippen LogP) is 4.01. The first-order valence-electron chi connectivity index (χ1n) is 10.0. The molecule has 28 heavy (non-hydrogen) atoms. The molecule has 0 bridgehead atoms. The number of hydrogen-bond donors (Lipinski definition) is 0. The van der Waals surface area contributed by atoms with Gasteiger partial charge in [-0.05, 0) is 55.2 Å². The molecule has 2 nitrogen and oxygen atoms in total. The quantitative estimate of drug-likeness (QED) is 0.545. The predicted molar refractivity (Wildman–Crippen MR) is 117 cm³/mol. The van der Waals surface area contributed by atoms with Crippen molar-refractivity contribution in [3.8, 4) is 5.69 Å². The van der Waals surface area contributed by atoms with E-state index >= 15 is 0 Å². The summed E-state index contributed by atoms with van der Waals surface area (Å²) >= 11 is 0. The zero-order valence-electron chi connectivity index (χ0n) is 16.6. The maximum atomic E-state index is 14.8. The third-order valence-electron chi connectivity index (χ3n) is 7.18. The van der Waals surface area contributed by atoms with Crippen LogP contribution in [0.15, 0.2) is 54.1 Å². The van der Waals surface area contributed by atoms with Gasteiger partial charge < -0.3 is 9.47 Å². The second kappa shape index (κ2) is 5.19. The first kappa shape index (κ1) is 16.2. The number of nitrogens with zero attached hydrogens (tertiary/aromatic N) is 2. The van der Waals surface area contributed by atoms with Crippen molar-refractivity contribution in [3.63, 3.8) is 0 Å². The van der Waals surface area contributed by atoms with Crippen molar-refractivity contribution < 1.29 is 4.39 Å². The number of para-hydroxylation sites is 1. The van der Waals surface area contributed by atoms with E-state index in [4.69, 9.17) is 0 Å². The molecule has 0 fully saturated rings. The number of halogens is 1. The molecule has 0 amide bonds. The fourth-order valence-corrected chi connectivity index (χ4v) is 5.81. The average Bonchev–Trinajstić information content (AvgIpc) is 2.93. The zero-order valence-corrected chi connectivity index (χ0v) is 16.6. The molecule has 0 saturated carbocycles. The molecule has 1 aliphatic carbocycles. The maximum Gasteiger partial charge on any atom is 0.226 e. The Bertz CT molecular complexity index is 1250. The Labute approximate surface area is 165 Å². The van der Waals surface area contributed by atoms with Crippen molar-refractivity contribution in [2.75, 3.05) is 11.9 Å². The molecule has 6 rings (SSSR count). The summed E-state index contributed by atoms with van der Waals surface area (Å²) in [6, 6.07) is 10.4. The first-order valence-corrected chi connectivity index (χ1v) is 10.0. The Morgan fingerprint density at radius 3 is 2.68 bits per heavy atom. The van der Waals surface area contributed by atoms with Crippen LogP contribution >= 0.6 is 0 Å². The van der Waals surface area contributed by atoms with Crippen LogP contribution in [0.1, 0.15) is 18.2 Å². The monoisotopic (exact) mass is 368 g/mol. The van der Waals surface area contributed by atoms with Crippen molar-refractivity contribution in [1.29, 1.82) is 0 Å². The molecule has 4 heteroatoms. The SMILES string of the molecule is CC1=CC2B3c4c(cc(F)cc4-n4c(C)c(C)c5cccc3c54)N(C)C2C=C1. The standard InChI is InChI=1S/C24H22BFN2/c1-13-8-9-20-19(10-13)25-18-7-5-6-17-14(2)15(3)28(24(17)18)22-12-16(26)11-21(23(22)25)27(20)4/h5-12,19-20H,1-4H3. The van der Waals surface area contributed by atoms with Gasteiger partial charge in [0.25, 0.3) is 0 Å². The van der Waals surface area contributed by atoms with Crippen molar-refractivity contribution in [1.82, 2.24) is 4.57 Å². The van der Waals surface area contributed by atoms with Crippen LogP contribution in [0.2, 0.25) is 5.82 Å². The topological polar surface area (TPSA) is 8.17 Å². The third kappa shape index (κ3) is 1.79. The fourth-order valence-electron chi connectivity index (χ4n) is 5.81. The van der Waals surface area contributed by atoms with E-state index in [9.17, 15) is 4.39 Å². The molecule has 0 saturated heterocycles. The maximum absolute atomic E-state index is 14.8. The van der Waals surface area contributed by atoms with E-state index in [0.29, 0.717) is 5.82 Å². The number of fused-ring (bicyclic) bond motifs is 4. The van der Waals surface area contributed by atoms with Gasteiger partial charge in [-0.25, -0.2) is 4.39 Å². The summed E-state index contributed by atoms with van der Waals surface area (Å²) in [4.78, 5) is 2.26. The minimum Gasteiger partial charge on any atom is -0.369 e. The number of rotatable bonds is 0. The highest BCUT2D eigenvalue weighted by Crippen LogP contribution is 2.41. The third-order valence-corrected chi connectivity index (χ3v) is 7.18.